The number of aliphatic hydroxyl groups excluding tert-OH is 1. The fourth-order valence-corrected chi connectivity index (χ4v) is 0.910. The van der Waals surface area contributed by atoms with E-state index >= 15 is 0 Å². The highest BCUT2D eigenvalue weighted by molar-refractivity contribution is 6.04. The summed E-state index contributed by atoms with van der Waals surface area (Å²) in [5.74, 6) is -0.156. The molecule has 5 nitrogen and oxygen atoms in total. The number of aliphatic hydroxyl groups is 1. The van der Waals surface area contributed by atoms with E-state index in [2.05, 4.69) is 16.9 Å². The molecule has 0 saturated heterocycles. The summed E-state index contributed by atoms with van der Waals surface area (Å²) in [6.45, 7) is 1.29. The number of hydrogen-bond acceptors (Lipinski definition) is 5. The van der Waals surface area contributed by atoms with Gasteiger partial charge in [0.15, 0.2) is 6.29 Å². The quantitative estimate of drug-likeness (QED) is 0.632. The number of aryl methyl sites for hydroxylation is 1. The molecule has 0 radical (unpaired) electrons. The molecule has 0 aromatic carbocycles. The lowest BCUT2D eigenvalue weighted by molar-refractivity contribution is 0.111. The summed E-state index contributed by atoms with van der Waals surface area (Å²) in [6.07, 6.45) is 1.88. The normalized spacial score (nSPS) is 8.86. The van der Waals surface area contributed by atoms with E-state index in [-0.39, 0.29) is 17.9 Å². The molecule has 1 rings (SSSR count). The zero-order valence-corrected chi connectivity index (χ0v) is 8.19. The van der Waals surface area contributed by atoms with E-state index in [4.69, 9.17) is 9.77 Å². The lowest BCUT2D eigenvalue weighted by Gasteiger charge is -2.04. The number of carbonyl (C=O) groups is 1. The van der Waals surface area contributed by atoms with Gasteiger partial charge in [0.2, 0.25) is 0 Å². The van der Waals surface area contributed by atoms with E-state index in [1.165, 1.54) is 6.20 Å². The number of pyridine rings is 1. The Morgan fingerprint density at radius 1 is 1.57 bits per heavy atom. The van der Waals surface area contributed by atoms with E-state index in [9.17, 15) is 9.90 Å². The molecule has 0 atom stereocenters. The Balaban J connectivity index is 0.000000791. The smallest absolute Gasteiger partial charge is 0.154 e. The second-order valence-corrected chi connectivity index (χ2v) is 2.41. The SMILES string of the molecule is Cc1ncc(CO)c(C=O)c1O.OCl. The van der Waals surface area contributed by atoms with Gasteiger partial charge in [-0.1, -0.05) is 0 Å². The highest BCUT2D eigenvalue weighted by Crippen LogP contribution is 2.21. The zero-order valence-electron chi connectivity index (χ0n) is 7.44. The molecule has 0 amide bonds. The third kappa shape index (κ3) is 2.66. The zero-order chi connectivity index (χ0) is 11.1. The second-order valence-electron chi connectivity index (χ2n) is 2.41. The number of rotatable bonds is 2. The Labute approximate surface area is 85.8 Å². The number of hydrogen-bond donors (Lipinski definition) is 3. The lowest BCUT2D eigenvalue weighted by Crippen LogP contribution is -1.96. The first-order valence-electron chi connectivity index (χ1n) is 3.61. The number of aromatic nitrogens is 1. The van der Waals surface area contributed by atoms with Crippen molar-refractivity contribution >= 4 is 18.2 Å². The second kappa shape index (κ2) is 6.31. The number of aromatic hydroxyl groups is 1. The molecule has 0 aliphatic heterocycles. The first-order valence-corrected chi connectivity index (χ1v) is 3.95. The maximum absolute atomic E-state index is 10.5. The average Bonchev–Trinajstić information content (AvgIpc) is 2.24. The minimum absolute atomic E-state index is 0.116. The number of aldehydes is 1. The van der Waals surface area contributed by atoms with E-state index < -0.39 is 0 Å². The van der Waals surface area contributed by atoms with Crippen molar-refractivity contribution in [3.63, 3.8) is 0 Å². The Kier molecular flexibility index (Phi) is 5.78. The van der Waals surface area contributed by atoms with Gasteiger partial charge in [-0.15, -0.1) is 0 Å². The van der Waals surface area contributed by atoms with Crippen molar-refractivity contribution in [3.05, 3.63) is 23.0 Å². The van der Waals surface area contributed by atoms with Crippen LogP contribution < -0.4 is 0 Å². The summed E-state index contributed by atoms with van der Waals surface area (Å²) in [6, 6.07) is 0. The van der Waals surface area contributed by atoms with Crippen molar-refractivity contribution < 1.29 is 19.7 Å². The molecule has 0 spiro atoms. The molecule has 0 bridgehead atoms. The van der Waals surface area contributed by atoms with Gasteiger partial charge in [-0.25, -0.2) is 0 Å². The van der Waals surface area contributed by atoms with Gasteiger partial charge < -0.3 is 10.2 Å². The number of nitrogens with zero attached hydrogens (tertiary/aromatic N) is 1. The molecule has 0 fully saturated rings. The Hall–Kier alpha value is -1.17. The van der Waals surface area contributed by atoms with Crippen LogP contribution in [0.25, 0.3) is 0 Å². The first kappa shape index (κ1) is 12.8. The standard InChI is InChI=1S/C8H9NO3.ClHO/c1-5-8(12)7(4-11)6(3-10)2-9-5;1-2/h2,4,10,12H,3H2,1H3;2H. The van der Waals surface area contributed by atoms with Crippen LogP contribution in [0, 0.1) is 6.92 Å². The summed E-state index contributed by atoms with van der Waals surface area (Å²) in [5, 5.41) is 18.1. The largest absolute Gasteiger partial charge is 0.505 e. The maximum atomic E-state index is 10.5. The molecule has 0 aliphatic carbocycles. The van der Waals surface area contributed by atoms with Crippen molar-refractivity contribution in [1.29, 1.82) is 0 Å². The molecule has 1 aromatic heterocycles. The van der Waals surface area contributed by atoms with Crippen LogP contribution in [0.4, 0.5) is 0 Å². The van der Waals surface area contributed by atoms with Crippen LogP contribution in [0.5, 0.6) is 5.75 Å². The van der Waals surface area contributed by atoms with Gasteiger partial charge in [0, 0.05) is 11.8 Å². The number of carbonyl (C=O) groups excluding carboxylic acids is 1. The molecule has 14 heavy (non-hydrogen) atoms. The summed E-state index contributed by atoms with van der Waals surface area (Å²) < 4.78 is 6.47. The monoisotopic (exact) mass is 219 g/mol. The van der Waals surface area contributed by atoms with E-state index in [1.807, 2.05) is 0 Å². The summed E-state index contributed by atoms with van der Waals surface area (Å²) in [4.78, 5) is 14.2. The average molecular weight is 220 g/mol. The molecule has 1 aromatic rings. The molecule has 6 heteroatoms. The van der Waals surface area contributed by atoms with Gasteiger partial charge in [0.1, 0.15) is 5.75 Å². The predicted octanol–water partition coefficient (Wildman–Crippen LogP) is 0.533. The highest BCUT2D eigenvalue weighted by atomic mass is 35.5. The van der Waals surface area contributed by atoms with Gasteiger partial charge in [-0.05, 0) is 6.92 Å². The van der Waals surface area contributed by atoms with Gasteiger partial charge in [-0.2, -0.15) is 0 Å². The number of halogens is 1. The fraction of sp³-hybridized carbons (Fsp3) is 0.250. The Morgan fingerprint density at radius 2 is 2.14 bits per heavy atom. The summed E-state index contributed by atoms with van der Waals surface area (Å²) >= 11 is 3.64. The highest BCUT2D eigenvalue weighted by Gasteiger charge is 2.09. The van der Waals surface area contributed by atoms with Crippen LogP contribution >= 0.6 is 11.9 Å². The van der Waals surface area contributed by atoms with Crippen LogP contribution in [-0.4, -0.2) is 26.1 Å². The van der Waals surface area contributed by atoms with Crippen molar-refractivity contribution in [2.24, 2.45) is 0 Å². The van der Waals surface area contributed by atoms with Crippen LogP contribution in [0.15, 0.2) is 6.20 Å². The van der Waals surface area contributed by atoms with Gasteiger partial charge in [-0.3, -0.25) is 14.4 Å². The predicted molar refractivity (Wildman–Crippen MR) is 50.0 cm³/mol. The van der Waals surface area contributed by atoms with Crippen LogP contribution in [0.2, 0.25) is 0 Å². The van der Waals surface area contributed by atoms with E-state index in [0.29, 0.717) is 17.5 Å². The third-order valence-corrected chi connectivity index (χ3v) is 1.65. The van der Waals surface area contributed by atoms with Crippen molar-refractivity contribution in [1.82, 2.24) is 4.98 Å². The molecular weight excluding hydrogens is 210 g/mol. The molecule has 1 heterocycles. The topological polar surface area (TPSA) is 90.7 Å². The Bertz CT molecular complexity index is 316. The molecule has 0 saturated carbocycles. The van der Waals surface area contributed by atoms with Gasteiger partial charge >= 0.3 is 0 Å². The minimum atomic E-state index is -0.297. The van der Waals surface area contributed by atoms with E-state index in [1.54, 1.807) is 6.92 Å². The van der Waals surface area contributed by atoms with Crippen LogP contribution in [0.1, 0.15) is 21.6 Å². The van der Waals surface area contributed by atoms with Crippen molar-refractivity contribution in [2.45, 2.75) is 13.5 Å². The Morgan fingerprint density at radius 3 is 2.57 bits per heavy atom. The van der Waals surface area contributed by atoms with Crippen LogP contribution in [-0.2, 0) is 6.61 Å². The van der Waals surface area contributed by atoms with E-state index in [0.717, 1.165) is 0 Å². The lowest BCUT2D eigenvalue weighted by atomic mass is 10.1. The molecular formula is C8H10ClNO4. The molecule has 3 N–H and O–H groups in total. The van der Waals surface area contributed by atoms with Crippen molar-refractivity contribution in [2.75, 3.05) is 0 Å². The van der Waals surface area contributed by atoms with Gasteiger partial charge in [0.05, 0.1) is 29.7 Å². The molecule has 0 unspecified atom stereocenters. The maximum Gasteiger partial charge on any atom is 0.154 e. The molecule has 0 aliphatic rings. The third-order valence-electron chi connectivity index (χ3n) is 1.65. The minimum Gasteiger partial charge on any atom is -0.505 e. The first-order chi connectivity index (χ1) is 6.70. The van der Waals surface area contributed by atoms with Crippen LogP contribution in [0.3, 0.4) is 0 Å². The summed E-state index contributed by atoms with van der Waals surface area (Å²) in [5.41, 5.74) is 0.840. The van der Waals surface area contributed by atoms with Gasteiger partial charge in [0.25, 0.3) is 0 Å². The van der Waals surface area contributed by atoms with Crippen molar-refractivity contribution in [3.8, 4) is 5.75 Å². The molecule has 78 valence electrons. The fourth-order valence-electron chi connectivity index (χ4n) is 0.910. The summed E-state index contributed by atoms with van der Waals surface area (Å²) in [7, 11) is 0.